The van der Waals surface area contributed by atoms with Crippen LogP contribution in [-0.2, 0) is 0 Å². The molecular weight excluding hydrogens is 176 g/mol. The molecule has 0 aliphatic rings. The van der Waals surface area contributed by atoms with E-state index in [4.69, 9.17) is 9.47 Å². The molecule has 0 aliphatic carbocycles. The molecule has 2 nitrogen and oxygen atoms in total. The second-order valence-corrected chi connectivity index (χ2v) is 2.96. The molecule has 0 aliphatic heterocycles. The molecule has 0 spiro atoms. The van der Waals surface area contributed by atoms with Crippen molar-refractivity contribution in [3.05, 3.63) is 36.4 Å². The first-order valence-corrected chi connectivity index (χ1v) is 4.37. The van der Waals surface area contributed by atoms with Gasteiger partial charge in [0.2, 0.25) is 0 Å². The van der Waals surface area contributed by atoms with Gasteiger partial charge in [0, 0.05) is 5.39 Å². The molecule has 0 aromatic heterocycles. The van der Waals surface area contributed by atoms with Crippen LogP contribution >= 0.6 is 0 Å². The van der Waals surface area contributed by atoms with Gasteiger partial charge in [-0.1, -0.05) is 12.1 Å². The number of hydrogen-bond donors (Lipinski definition) is 0. The van der Waals surface area contributed by atoms with Crippen molar-refractivity contribution in [1.82, 2.24) is 0 Å². The maximum atomic E-state index is 5.23. The maximum absolute atomic E-state index is 5.23. The van der Waals surface area contributed by atoms with Gasteiger partial charge in [0.15, 0.2) is 0 Å². The van der Waals surface area contributed by atoms with E-state index in [1.165, 1.54) is 0 Å². The number of fused-ring (bicyclic) bond motifs is 1. The summed E-state index contributed by atoms with van der Waals surface area (Å²) in [5.74, 6) is 1.65. The normalized spacial score (nSPS) is 10.1. The molecule has 71 valence electrons. The van der Waals surface area contributed by atoms with Crippen LogP contribution in [0.3, 0.4) is 0 Å². The molecule has 0 amide bonds. The van der Waals surface area contributed by atoms with Gasteiger partial charge in [-0.3, -0.25) is 0 Å². The smallest absolute Gasteiger partial charge is 0.127 e. The summed E-state index contributed by atoms with van der Waals surface area (Å²) in [6.45, 7) is 0. The van der Waals surface area contributed by atoms with E-state index in [1.807, 2.05) is 30.3 Å². The third-order valence-electron chi connectivity index (χ3n) is 2.17. The lowest BCUT2D eigenvalue weighted by Crippen LogP contribution is -1.86. The summed E-state index contributed by atoms with van der Waals surface area (Å²) < 4.78 is 10.4. The predicted octanol–water partition coefficient (Wildman–Crippen LogP) is 2.66. The minimum Gasteiger partial charge on any atom is -0.497 e. The Kier molecular flexibility index (Phi) is 2.27. The van der Waals surface area contributed by atoms with Crippen molar-refractivity contribution < 1.29 is 9.47 Å². The first kappa shape index (κ1) is 8.88. The summed E-state index contributed by atoms with van der Waals surface area (Å²) in [6.07, 6.45) is 0. The zero-order valence-corrected chi connectivity index (χ0v) is 8.20. The third-order valence-corrected chi connectivity index (χ3v) is 2.17. The first-order valence-electron chi connectivity index (χ1n) is 4.37. The Morgan fingerprint density at radius 3 is 2.71 bits per heavy atom. The SMILES string of the molecule is COc1c[c]c2c(OC)cccc2c1. The van der Waals surface area contributed by atoms with Gasteiger partial charge in [0.1, 0.15) is 11.5 Å². The maximum Gasteiger partial charge on any atom is 0.127 e. The minimum absolute atomic E-state index is 0.811. The summed E-state index contributed by atoms with van der Waals surface area (Å²) in [7, 11) is 3.31. The Morgan fingerprint density at radius 1 is 1.14 bits per heavy atom. The highest BCUT2D eigenvalue weighted by atomic mass is 16.5. The van der Waals surface area contributed by atoms with Crippen LogP contribution in [0.5, 0.6) is 11.5 Å². The Morgan fingerprint density at radius 2 is 2.00 bits per heavy atom. The molecule has 0 atom stereocenters. The van der Waals surface area contributed by atoms with Crippen molar-refractivity contribution in [2.75, 3.05) is 14.2 Å². The second kappa shape index (κ2) is 3.58. The first-order chi connectivity index (χ1) is 6.85. The van der Waals surface area contributed by atoms with E-state index < -0.39 is 0 Å². The monoisotopic (exact) mass is 187 g/mol. The van der Waals surface area contributed by atoms with Crippen molar-refractivity contribution in [2.45, 2.75) is 0 Å². The molecule has 0 saturated heterocycles. The fraction of sp³-hybridized carbons (Fsp3) is 0.167. The average Bonchev–Trinajstić information content (AvgIpc) is 2.27. The molecule has 2 rings (SSSR count). The molecule has 0 heterocycles. The van der Waals surface area contributed by atoms with Gasteiger partial charge in [-0.2, -0.15) is 0 Å². The van der Waals surface area contributed by atoms with Crippen LogP contribution in [0.2, 0.25) is 0 Å². The summed E-state index contributed by atoms with van der Waals surface area (Å²) in [6, 6.07) is 12.8. The highest BCUT2D eigenvalue weighted by molar-refractivity contribution is 5.88. The molecule has 2 heteroatoms. The van der Waals surface area contributed by atoms with Gasteiger partial charge in [-0.25, -0.2) is 0 Å². The highest BCUT2D eigenvalue weighted by Gasteiger charge is 2.01. The van der Waals surface area contributed by atoms with Crippen molar-refractivity contribution in [2.24, 2.45) is 0 Å². The fourth-order valence-corrected chi connectivity index (χ4v) is 1.45. The predicted molar refractivity (Wildman–Crippen MR) is 55.9 cm³/mol. The second-order valence-electron chi connectivity index (χ2n) is 2.96. The highest BCUT2D eigenvalue weighted by Crippen LogP contribution is 2.27. The summed E-state index contributed by atoms with van der Waals surface area (Å²) >= 11 is 0. The van der Waals surface area contributed by atoms with Gasteiger partial charge >= 0.3 is 0 Å². The summed E-state index contributed by atoms with van der Waals surface area (Å²) in [5, 5.41) is 2.06. The van der Waals surface area contributed by atoms with Crippen molar-refractivity contribution >= 4 is 10.8 Å². The molecule has 1 radical (unpaired) electrons. The average molecular weight is 187 g/mol. The molecule has 0 unspecified atom stereocenters. The fourth-order valence-electron chi connectivity index (χ4n) is 1.45. The van der Waals surface area contributed by atoms with Crippen LogP contribution in [0.4, 0.5) is 0 Å². The molecule has 0 bridgehead atoms. The number of methoxy groups -OCH3 is 2. The van der Waals surface area contributed by atoms with E-state index in [9.17, 15) is 0 Å². The van der Waals surface area contributed by atoms with E-state index in [1.54, 1.807) is 14.2 Å². The standard InChI is InChI=1S/C12H11O2/c1-13-10-6-7-11-9(8-10)4-3-5-12(11)14-2/h3-6,8H,1-2H3. The van der Waals surface area contributed by atoms with Crippen LogP contribution in [-0.4, -0.2) is 14.2 Å². The quantitative estimate of drug-likeness (QED) is 0.719. The Balaban J connectivity index is 2.67. The van der Waals surface area contributed by atoms with Crippen LogP contribution in [0, 0.1) is 6.07 Å². The van der Waals surface area contributed by atoms with Crippen molar-refractivity contribution in [3.63, 3.8) is 0 Å². The Bertz CT molecular complexity index is 449. The number of rotatable bonds is 2. The van der Waals surface area contributed by atoms with E-state index in [0.717, 1.165) is 22.3 Å². The molecule has 0 N–H and O–H groups in total. The largest absolute Gasteiger partial charge is 0.497 e. The van der Waals surface area contributed by atoms with E-state index in [0.29, 0.717) is 0 Å². The molecule has 0 saturated carbocycles. The molecule has 14 heavy (non-hydrogen) atoms. The van der Waals surface area contributed by atoms with E-state index in [2.05, 4.69) is 6.07 Å². The molecule has 2 aromatic carbocycles. The Labute approximate surface area is 83.1 Å². The number of hydrogen-bond acceptors (Lipinski definition) is 2. The zero-order valence-electron chi connectivity index (χ0n) is 8.20. The van der Waals surface area contributed by atoms with Crippen molar-refractivity contribution in [3.8, 4) is 11.5 Å². The zero-order chi connectivity index (χ0) is 9.97. The van der Waals surface area contributed by atoms with Gasteiger partial charge in [0.25, 0.3) is 0 Å². The lowest BCUT2D eigenvalue weighted by Gasteiger charge is -2.05. The van der Waals surface area contributed by atoms with Gasteiger partial charge in [-0.05, 0) is 29.7 Å². The summed E-state index contributed by atoms with van der Waals surface area (Å²) in [4.78, 5) is 0. The minimum atomic E-state index is 0.811. The van der Waals surface area contributed by atoms with Crippen LogP contribution < -0.4 is 9.47 Å². The molecule has 0 fully saturated rings. The van der Waals surface area contributed by atoms with Crippen LogP contribution in [0.1, 0.15) is 0 Å². The van der Waals surface area contributed by atoms with Gasteiger partial charge in [0.05, 0.1) is 14.2 Å². The number of benzene rings is 2. The molecular formula is C12H11O2. The van der Waals surface area contributed by atoms with Gasteiger partial charge in [-0.15, -0.1) is 0 Å². The summed E-state index contributed by atoms with van der Waals surface area (Å²) in [5.41, 5.74) is 0. The molecule has 2 aromatic rings. The van der Waals surface area contributed by atoms with Crippen LogP contribution in [0.25, 0.3) is 10.8 Å². The van der Waals surface area contributed by atoms with Gasteiger partial charge < -0.3 is 9.47 Å². The van der Waals surface area contributed by atoms with E-state index in [-0.39, 0.29) is 0 Å². The van der Waals surface area contributed by atoms with Crippen LogP contribution in [0.15, 0.2) is 30.3 Å². The lowest BCUT2D eigenvalue weighted by molar-refractivity contribution is 0.414. The Hall–Kier alpha value is -1.70. The topological polar surface area (TPSA) is 18.5 Å². The van der Waals surface area contributed by atoms with Crippen molar-refractivity contribution in [1.29, 1.82) is 0 Å². The number of ether oxygens (including phenoxy) is 2. The lowest BCUT2D eigenvalue weighted by atomic mass is 10.1. The van der Waals surface area contributed by atoms with E-state index >= 15 is 0 Å². The third kappa shape index (κ3) is 1.39.